The van der Waals surface area contributed by atoms with Gasteiger partial charge in [-0.3, -0.25) is 4.90 Å². The number of hydrogen-bond acceptors (Lipinski definition) is 6. The molecular weight excluding hydrogens is 364 g/mol. The van der Waals surface area contributed by atoms with Gasteiger partial charge in [0.2, 0.25) is 0 Å². The standard InChI is InChI=1S/C22H30N6O/c1-3-25(4-2)11-12-26-13-15-27(16-14-26)21-9-10-23-22-20(17-24-28(21)22)18-5-7-19(29)8-6-18/h5-10,17,29H,3-4,11-16H2,1-2H3. The Morgan fingerprint density at radius 1 is 1.00 bits per heavy atom. The molecule has 0 atom stereocenters. The van der Waals surface area contributed by atoms with Crippen molar-refractivity contribution < 1.29 is 5.11 Å². The van der Waals surface area contributed by atoms with E-state index in [-0.39, 0.29) is 5.75 Å². The highest BCUT2D eigenvalue weighted by atomic mass is 16.3. The van der Waals surface area contributed by atoms with Gasteiger partial charge in [-0.15, -0.1) is 0 Å². The van der Waals surface area contributed by atoms with Crippen LogP contribution in [0.25, 0.3) is 16.8 Å². The first kappa shape index (κ1) is 19.7. The van der Waals surface area contributed by atoms with Crippen molar-refractivity contribution in [2.24, 2.45) is 0 Å². The molecule has 154 valence electrons. The van der Waals surface area contributed by atoms with Crippen LogP contribution in [0.15, 0.2) is 42.7 Å². The highest BCUT2D eigenvalue weighted by Crippen LogP contribution is 2.27. The van der Waals surface area contributed by atoms with E-state index in [2.05, 4.69) is 38.6 Å². The van der Waals surface area contributed by atoms with Crippen LogP contribution >= 0.6 is 0 Å². The molecular formula is C22H30N6O. The Balaban J connectivity index is 1.47. The quantitative estimate of drug-likeness (QED) is 0.665. The fourth-order valence-corrected chi connectivity index (χ4v) is 3.99. The molecule has 3 heterocycles. The molecule has 4 rings (SSSR count). The summed E-state index contributed by atoms with van der Waals surface area (Å²) in [6.07, 6.45) is 3.72. The number of phenols is 1. The largest absolute Gasteiger partial charge is 0.508 e. The number of piperazine rings is 1. The van der Waals surface area contributed by atoms with E-state index < -0.39 is 0 Å². The van der Waals surface area contributed by atoms with Crippen molar-refractivity contribution in [3.8, 4) is 16.9 Å². The van der Waals surface area contributed by atoms with Crippen LogP contribution in [0.1, 0.15) is 13.8 Å². The number of nitrogens with zero attached hydrogens (tertiary/aromatic N) is 6. The number of aromatic hydroxyl groups is 1. The van der Waals surface area contributed by atoms with E-state index in [9.17, 15) is 5.11 Å². The third-order valence-corrected chi connectivity index (χ3v) is 5.88. The van der Waals surface area contributed by atoms with E-state index in [1.807, 2.05) is 35.1 Å². The second kappa shape index (κ2) is 8.80. The van der Waals surface area contributed by atoms with E-state index >= 15 is 0 Å². The zero-order valence-corrected chi connectivity index (χ0v) is 17.3. The molecule has 7 heteroatoms. The lowest BCUT2D eigenvalue weighted by atomic mass is 10.1. The monoisotopic (exact) mass is 394 g/mol. The SMILES string of the molecule is CCN(CC)CCN1CCN(c2ccnc3c(-c4ccc(O)cc4)cnn23)CC1. The summed E-state index contributed by atoms with van der Waals surface area (Å²) in [5.74, 6) is 1.35. The third-order valence-electron chi connectivity index (χ3n) is 5.88. The van der Waals surface area contributed by atoms with E-state index in [1.54, 1.807) is 12.1 Å². The molecule has 0 aliphatic carbocycles. The number of hydrogen-bond donors (Lipinski definition) is 1. The van der Waals surface area contributed by atoms with E-state index in [1.165, 1.54) is 0 Å². The average Bonchev–Trinajstić information content (AvgIpc) is 3.20. The molecule has 0 radical (unpaired) electrons. The van der Waals surface area contributed by atoms with E-state index in [4.69, 9.17) is 0 Å². The molecule has 0 unspecified atom stereocenters. The second-order valence-corrected chi connectivity index (χ2v) is 7.50. The summed E-state index contributed by atoms with van der Waals surface area (Å²) >= 11 is 0. The lowest BCUT2D eigenvalue weighted by Crippen LogP contribution is -2.49. The molecule has 0 amide bonds. The van der Waals surface area contributed by atoms with Gasteiger partial charge in [0, 0.05) is 51.0 Å². The van der Waals surface area contributed by atoms with Gasteiger partial charge < -0.3 is 14.9 Å². The molecule has 3 aromatic rings. The Kier molecular flexibility index (Phi) is 5.97. The molecule has 1 aliphatic heterocycles. The molecule has 7 nitrogen and oxygen atoms in total. The van der Waals surface area contributed by atoms with Crippen molar-refractivity contribution in [1.82, 2.24) is 24.4 Å². The number of benzene rings is 1. The first-order valence-corrected chi connectivity index (χ1v) is 10.5. The molecule has 0 bridgehead atoms. The number of fused-ring (bicyclic) bond motifs is 1. The summed E-state index contributed by atoms with van der Waals surface area (Å²) in [5, 5.41) is 14.2. The maximum absolute atomic E-state index is 9.55. The number of anilines is 1. The molecule has 1 saturated heterocycles. The van der Waals surface area contributed by atoms with Crippen molar-refractivity contribution in [3.63, 3.8) is 0 Å². The average molecular weight is 395 g/mol. The maximum Gasteiger partial charge on any atom is 0.165 e. The fraction of sp³-hybridized carbons (Fsp3) is 0.455. The van der Waals surface area contributed by atoms with Crippen LogP contribution in [0.3, 0.4) is 0 Å². The number of aromatic nitrogens is 3. The van der Waals surface area contributed by atoms with Gasteiger partial charge in [-0.25, -0.2) is 4.98 Å². The van der Waals surface area contributed by atoms with Crippen molar-refractivity contribution >= 4 is 11.5 Å². The van der Waals surface area contributed by atoms with Gasteiger partial charge >= 0.3 is 0 Å². The molecule has 1 N–H and O–H groups in total. The van der Waals surface area contributed by atoms with Gasteiger partial charge in [0.05, 0.1) is 6.20 Å². The topological polar surface area (TPSA) is 60.1 Å². The van der Waals surface area contributed by atoms with Crippen LogP contribution in [-0.4, -0.2) is 81.9 Å². The minimum absolute atomic E-state index is 0.262. The summed E-state index contributed by atoms with van der Waals surface area (Å²) in [7, 11) is 0. The summed E-state index contributed by atoms with van der Waals surface area (Å²) in [5.41, 5.74) is 2.82. The highest BCUT2D eigenvalue weighted by Gasteiger charge is 2.20. The maximum atomic E-state index is 9.55. The van der Waals surface area contributed by atoms with Crippen molar-refractivity contribution in [3.05, 3.63) is 42.7 Å². The van der Waals surface area contributed by atoms with E-state index in [0.717, 1.165) is 74.9 Å². The van der Waals surface area contributed by atoms with Gasteiger partial charge in [0.25, 0.3) is 0 Å². The van der Waals surface area contributed by atoms with Gasteiger partial charge in [-0.1, -0.05) is 26.0 Å². The minimum atomic E-state index is 0.262. The lowest BCUT2D eigenvalue weighted by molar-refractivity contribution is 0.205. The summed E-state index contributed by atoms with van der Waals surface area (Å²) < 4.78 is 1.94. The third kappa shape index (κ3) is 4.21. The molecule has 1 aromatic carbocycles. The van der Waals surface area contributed by atoms with Gasteiger partial charge in [-0.2, -0.15) is 9.61 Å². The zero-order valence-electron chi connectivity index (χ0n) is 17.3. The smallest absolute Gasteiger partial charge is 0.165 e. The predicted molar refractivity (Wildman–Crippen MR) is 117 cm³/mol. The van der Waals surface area contributed by atoms with Crippen LogP contribution < -0.4 is 4.90 Å². The molecule has 0 saturated carbocycles. The van der Waals surface area contributed by atoms with Crippen LogP contribution in [0.2, 0.25) is 0 Å². The van der Waals surface area contributed by atoms with Crippen LogP contribution in [0, 0.1) is 0 Å². The Hall–Kier alpha value is -2.64. The Labute approximate surface area is 172 Å². The lowest BCUT2D eigenvalue weighted by Gasteiger charge is -2.36. The fourth-order valence-electron chi connectivity index (χ4n) is 3.99. The number of rotatable bonds is 7. The second-order valence-electron chi connectivity index (χ2n) is 7.50. The van der Waals surface area contributed by atoms with Crippen LogP contribution in [0.5, 0.6) is 5.75 Å². The van der Waals surface area contributed by atoms with Gasteiger partial charge in [0.1, 0.15) is 11.6 Å². The minimum Gasteiger partial charge on any atom is -0.508 e. The van der Waals surface area contributed by atoms with Crippen molar-refractivity contribution in [1.29, 1.82) is 0 Å². The summed E-state index contributed by atoms with van der Waals surface area (Å²) in [6.45, 7) is 13.1. The summed E-state index contributed by atoms with van der Waals surface area (Å²) in [4.78, 5) is 12.0. The molecule has 29 heavy (non-hydrogen) atoms. The zero-order chi connectivity index (χ0) is 20.2. The highest BCUT2D eigenvalue weighted by molar-refractivity contribution is 5.78. The van der Waals surface area contributed by atoms with E-state index in [0.29, 0.717) is 0 Å². The molecule has 1 fully saturated rings. The number of likely N-dealkylation sites (N-methyl/N-ethyl adjacent to an activating group) is 1. The first-order chi connectivity index (χ1) is 14.2. The van der Waals surface area contributed by atoms with Gasteiger partial charge in [0.15, 0.2) is 5.65 Å². The van der Waals surface area contributed by atoms with Crippen LogP contribution in [0.4, 0.5) is 5.82 Å². The summed E-state index contributed by atoms with van der Waals surface area (Å²) in [6, 6.07) is 9.23. The normalized spacial score (nSPS) is 15.5. The molecule has 0 spiro atoms. The molecule has 1 aliphatic rings. The molecule has 2 aromatic heterocycles. The Morgan fingerprint density at radius 2 is 1.72 bits per heavy atom. The number of phenolic OH excluding ortho intramolecular Hbond substituents is 1. The first-order valence-electron chi connectivity index (χ1n) is 10.5. The van der Waals surface area contributed by atoms with Gasteiger partial charge in [-0.05, 0) is 36.9 Å². The Bertz CT molecular complexity index is 926. The van der Waals surface area contributed by atoms with Crippen molar-refractivity contribution in [2.45, 2.75) is 13.8 Å². The van der Waals surface area contributed by atoms with Crippen molar-refractivity contribution in [2.75, 3.05) is 57.3 Å². The van der Waals surface area contributed by atoms with Crippen LogP contribution in [-0.2, 0) is 0 Å². The Morgan fingerprint density at radius 3 is 2.41 bits per heavy atom. The predicted octanol–water partition coefficient (Wildman–Crippen LogP) is 2.57.